The van der Waals surface area contributed by atoms with Gasteiger partial charge in [0.15, 0.2) is 11.4 Å². The van der Waals surface area contributed by atoms with Crippen LogP contribution in [-0.2, 0) is 15.2 Å². The second-order valence-corrected chi connectivity index (χ2v) is 10.6. The Morgan fingerprint density at radius 3 is 2.68 bits per heavy atom. The van der Waals surface area contributed by atoms with E-state index in [2.05, 4.69) is 5.32 Å². The molecule has 1 saturated heterocycles. The first-order chi connectivity index (χ1) is 19.8. The van der Waals surface area contributed by atoms with Crippen LogP contribution in [0.2, 0.25) is 0 Å². The monoisotopic (exact) mass is 553 g/mol. The van der Waals surface area contributed by atoms with Crippen LogP contribution in [0.25, 0.3) is 0 Å². The molecule has 0 radical (unpaired) electrons. The van der Waals surface area contributed by atoms with Gasteiger partial charge in [0.2, 0.25) is 5.91 Å². The van der Waals surface area contributed by atoms with Crippen LogP contribution in [0, 0.1) is 5.92 Å². The third kappa shape index (κ3) is 4.47. The number of carbonyl (C=O) groups is 3. The van der Waals surface area contributed by atoms with Gasteiger partial charge in [0.1, 0.15) is 5.75 Å². The molecule has 41 heavy (non-hydrogen) atoms. The van der Waals surface area contributed by atoms with Crippen molar-refractivity contribution >= 4 is 34.8 Å². The Hall–Kier alpha value is -4.47. The van der Waals surface area contributed by atoms with Crippen LogP contribution in [0.1, 0.15) is 42.1 Å². The van der Waals surface area contributed by atoms with Gasteiger partial charge in [-0.05, 0) is 55.3 Å². The minimum Gasteiger partial charge on any atom is -0.454 e. The first kappa shape index (κ1) is 26.7. The third-order valence-corrected chi connectivity index (χ3v) is 8.20. The predicted molar refractivity (Wildman–Crippen MR) is 153 cm³/mol. The molecule has 3 aromatic rings. The van der Waals surface area contributed by atoms with Crippen molar-refractivity contribution in [1.29, 1.82) is 0 Å². The lowest BCUT2D eigenvalue weighted by Crippen LogP contribution is -2.40. The van der Waals surface area contributed by atoms with Gasteiger partial charge >= 0.3 is 0 Å². The molecule has 9 heteroatoms. The van der Waals surface area contributed by atoms with Gasteiger partial charge < -0.3 is 25.2 Å². The van der Waals surface area contributed by atoms with Crippen molar-refractivity contribution in [3.05, 3.63) is 90.0 Å². The Labute approximate surface area is 237 Å². The predicted octanol–water partition coefficient (Wildman–Crippen LogP) is 4.48. The SMILES string of the molecule is C[C@H](/C=C/CC(=O)N1CCC[C@H]1CO)[C@@]1(O)C(=O)Nc2ccc(N3C(=O)c4ccccc4Oc4ccccc43)cc21. The molecule has 1 fully saturated rings. The molecule has 3 amide bonds. The van der Waals surface area contributed by atoms with Crippen LogP contribution in [0.4, 0.5) is 17.1 Å². The number of fused-ring (bicyclic) bond motifs is 3. The number of para-hydroxylation sites is 3. The molecule has 3 atom stereocenters. The standard InChI is InChI=1S/C32H31N3O6/c1-20(8-6-14-29(37)34-17-7-9-22(34)19-36)32(40)24-18-21(15-16-25(24)33-31(32)39)35-26-11-3-5-13-28(26)41-27-12-4-2-10-23(27)30(35)38/h2-6,8,10-13,15-16,18,20,22,36,40H,7,9,14,17,19H2,1H3,(H,33,39)/b8-6+/t20-,22+,32+/m1/s1. The maximum atomic E-state index is 13.9. The number of likely N-dealkylation sites (tertiary alicyclic amines) is 1. The Morgan fingerprint density at radius 2 is 1.88 bits per heavy atom. The van der Waals surface area contributed by atoms with E-state index in [-0.39, 0.29) is 30.9 Å². The van der Waals surface area contributed by atoms with E-state index in [1.54, 1.807) is 78.6 Å². The number of carbonyl (C=O) groups excluding carboxylic acids is 3. The maximum Gasteiger partial charge on any atom is 0.266 e. The highest BCUT2D eigenvalue weighted by Crippen LogP contribution is 2.47. The quantitative estimate of drug-likeness (QED) is 0.388. The van der Waals surface area contributed by atoms with Crippen LogP contribution in [-0.4, -0.2) is 52.0 Å². The second kappa shape index (κ2) is 10.5. The molecule has 0 aromatic heterocycles. The van der Waals surface area contributed by atoms with Crippen molar-refractivity contribution in [2.45, 2.75) is 37.8 Å². The molecule has 0 aliphatic carbocycles. The highest BCUT2D eigenvalue weighted by molar-refractivity contribution is 6.14. The topological polar surface area (TPSA) is 119 Å². The fourth-order valence-corrected chi connectivity index (χ4v) is 5.94. The minimum atomic E-state index is -1.92. The van der Waals surface area contributed by atoms with Gasteiger partial charge in [0.25, 0.3) is 11.8 Å². The third-order valence-electron chi connectivity index (χ3n) is 8.20. The molecule has 9 nitrogen and oxygen atoms in total. The van der Waals surface area contributed by atoms with E-state index >= 15 is 0 Å². The number of aliphatic hydroxyl groups excluding tert-OH is 1. The number of benzene rings is 3. The number of amides is 3. The summed E-state index contributed by atoms with van der Waals surface area (Å²) in [6.45, 7) is 2.27. The molecule has 3 heterocycles. The summed E-state index contributed by atoms with van der Waals surface area (Å²) in [7, 11) is 0. The minimum absolute atomic E-state index is 0.0629. The molecule has 0 saturated carbocycles. The summed E-state index contributed by atoms with van der Waals surface area (Å²) in [6.07, 6.45) is 5.07. The lowest BCUT2D eigenvalue weighted by Gasteiger charge is -2.28. The zero-order valence-electron chi connectivity index (χ0n) is 22.6. The molecule has 3 N–H and O–H groups in total. The normalized spacial score (nSPS) is 22.1. The van der Waals surface area contributed by atoms with Gasteiger partial charge in [-0.15, -0.1) is 0 Å². The van der Waals surface area contributed by atoms with Gasteiger partial charge in [-0.1, -0.05) is 43.3 Å². The fourth-order valence-electron chi connectivity index (χ4n) is 5.94. The Bertz CT molecular complexity index is 1570. The van der Waals surface area contributed by atoms with Crippen LogP contribution in [0.3, 0.4) is 0 Å². The Kier molecular flexibility index (Phi) is 6.84. The number of ether oxygens (including phenoxy) is 1. The number of aliphatic hydroxyl groups is 2. The highest BCUT2D eigenvalue weighted by atomic mass is 16.5. The molecule has 3 aliphatic heterocycles. The first-order valence-corrected chi connectivity index (χ1v) is 13.8. The smallest absolute Gasteiger partial charge is 0.266 e. The lowest BCUT2D eigenvalue weighted by atomic mass is 9.82. The molecular weight excluding hydrogens is 522 g/mol. The molecule has 0 unspecified atom stereocenters. The second-order valence-electron chi connectivity index (χ2n) is 10.6. The van der Waals surface area contributed by atoms with E-state index < -0.39 is 17.4 Å². The summed E-state index contributed by atoms with van der Waals surface area (Å²) in [5.74, 6) is -0.732. The summed E-state index contributed by atoms with van der Waals surface area (Å²) in [4.78, 5) is 42.9. The number of hydrogen-bond acceptors (Lipinski definition) is 6. The van der Waals surface area contributed by atoms with Gasteiger partial charge in [-0.2, -0.15) is 0 Å². The van der Waals surface area contributed by atoms with Crippen molar-refractivity contribution in [3.8, 4) is 11.5 Å². The molecule has 0 bridgehead atoms. The maximum absolute atomic E-state index is 13.9. The van der Waals surface area contributed by atoms with Gasteiger partial charge in [-0.3, -0.25) is 19.3 Å². The molecule has 0 spiro atoms. The van der Waals surface area contributed by atoms with Crippen molar-refractivity contribution in [2.75, 3.05) is 23.4 Å². The highest BCUT2D eigenvalue weighted by Gasteiger charge is 2.49. The number of nitrogens with zero attached hydrogens (tertiary/aromatic N) is 2. The van der Waals surface area contributed by atoms with Gasteiger partial charge in [0, 0.05) is 35.8 Å². The van der Waals surface area contributed by atoms with E-state index in [1.165, 1.54) is 4.90 Å². The van der Waals surface area contributed by atoms with Crippen LogP contribution in [0.5, 0.6) is 11.5 Å². The summed E-state index contributed by atoms with van der Waals surface area (Å²) < 4.78 is 6.10. The number of rotatable bonds is 6. The molecule has 6 rings (SSSR count). The Morgan fingerprint density at radius 1 is 1.12 bits per heavy atom. The van der Waals surface area contributed by atoms with Crippen LogP contribution in [0.15, 0.2) is 78.9 Å². The fraction of sp³-hybridized carbons (Fsp3) is 0.281. The molecular formula is C32H31N3O6. The summed E-state index contributed by atoms with van der Waals surface area (Å²) in [5, 5.41) is 24.1. The van der Waals surface area contributed by atoms with Gasteiger partial charge in [-0.25, -0.2) is 0 Å². The molecule has 210 valence electrons. The van der Waals surface area contributed by atoms with Crippen LogP contribution < -0.4 is 15.0 Å². The van der Waals surface area contributed by atoms with E-state index in [1.807, 2.05) is 12.1 Å². The van der Waals surface area contributed by atoms with Crippen molar-refractivity contribution in [1.82, 2.24) is 4.90 Å². The van der Waals surface area contributed by atoms with E-state index in [0.717, 1.165) is 12.8 Å². The molecule has 3 aliphatic rings. The average molecular weight is 554 g/mol. The van der Waals surface area contributed by atoms with E-state index in [9.17, 15) is 24.6 Å². The largest absolute Gasteiger partial charge is 0.454 e. The van der Waals surface area contributed by atoms with Gasteiger partial charge in [0.05, 0.1) is 23.9 Å². The summed E-state index contributed by atoms with van der Waals surface area (Å²) in [6, 6.07) is 19.1. The lowest BCUT2D eigenvalue weighted by molar-refractivity contribution is -0.137. The van der Waals surface area contributed by atoms with Crippen molar-refractivity contribution < 1.29 is 29.3 Å². The van der Waals surface area contributed by atoms with Crippen molar-refractivity contribution in [2.24, 2.45) is 5.92 Å². The number of hydrogen-bond donors (Lipinski definition) is 3. The molecule has 3 aromatic carbocycles. The summed E-state index contributed by atoms with van der Waals surface area (Å²) >= 11 is 0. The average Bonchev–Trinajstić information content (AvgIpc) is 3.53. The van der Waals surface area contributed by atoms with Crippen molar-refractivity contribution in [3.63, 3.8) is 0 Å². The Balaban J connectivity index is 1.32. The number of anilines is 3. The van der Waals surface area contributed by atoms with Crippen LogP contribution >= 0.6 is 0 Å². The van der Waals surface area contributed by atoms with E-state index in [4.69, 9.17) is 4.74 Å². The first-order valence-electron chi connectivity index (χ1n) is 13.8. The summed E-state index contributed by atoms with van der Waals surface area (Å²) in [5.41, 5.74) is 0.251. The zero-order chi connectivity index (χ0) is 28.7. The number of nitrogens with one attached hydrogen (secondary N) is 1. The van der Waals surface area contributed by atoms with E-state index in [0.29, 0.717) is 46.2 Å². The zero-order valence-corrected chi connectivity index (χ0v) is 22.6.